The molecule has 0 spiro atoms. The van der Waals surface area contributed by atoms with Crippen LogP contribution in [0.5, 0.6) is 11.5 Å². The summed E-state index contributed by atoms with van der Waals surface area (Å²) in [6.45, 7) is 1.76. The van der Waals surface area contributed by atoms with E-state index in [-0.39, 0.29) is 17.2 Å². The number of methoxy groups -OCH3 is 1. The second-order valence-electron chi connectivity index (χ2n) is 8.38. The normalized spacial score (nSPS) is 15.2. The minimum Gasteiger partial charge on any atom is -0.507 e. The first-order valence-electron chi connectivity index (χ1n) is 11.4. The Morgan fingerprint density at radius 2 is 1.86 bits per heavy atom. The van der Waals surface area contributed by atoms with Gasteiger partial charge in [0.2, 0.25) is 0 Å². The molecule has 0 fully saturated rings. The highest BCUT2D eigenvalue weighted by Gasteiger charge is 2.32. The standard InChI is InChI=1S/C28H22ClN3O4S/c1-16-24(26(34)31-20-6-4-3-5-7-20)25(17-8-11-21(36-2)12-9-17)32-27(35)23(37-28(32)30-16)15-18-14-19(29)10-13-22(18)33/h3-15,25,33H,1-2H3,(H,31,34). The Balaban J connectivity index is 1.69. The molecule has 0 bridgehead atoms. The van der Waals surface area contributed by atoms with Crippen LogP contribution in [0, 0.1) is 0 Å². The van der Waals surface area contributed by atoms with Crippen molar-refractivity contribution in [1.29, 1.82) is 0 Å². The Labute approximate surface area is 221 Å². The van der Waals surface area contributed by atoms with Gasteiger partial charge in [-0.1, -0.05) is 53.3 Å². The van der Waals surface area contributed by atoms with Crippen molar-refractivity contribution in [2.75, 3.05) is 12.4 Å². The van der Waals surface area contributed by atoms with E-state index >= 15 is 0 Å². The molecule has 186 valence electrons. The van der Waals surface area contributed by atoms with E-state index in [1.54, 1.807) is 56.5 Å². The number of carbonyl (C=O) groups excluding carboxylic acids is 1. The molecule has 2 heterocycles. The van der Waals surface area contributed by atoms with Crippen molar-refractivity contribution in [2.24, 2.45) is 4.99 Å². The molecule has 1 aliphatic rings. The second-order valence-corrected chi connectivity index (χ2v) is 9.82. The first-order chi connectivity index (χ1) is 17.9. The number of hydrogen-bond donors (Lipinski definition) is 2. The SMILES string of the molecule is COc1ccc(C2C(C(=O)Nc3ccccc3)=C(C)N=c3sc(=Cc4cc(Cl)ccc4O)c(=O)n32)cc1. The number of hydrogen-bond acceptors (Lipinski definition) is 6. The molecule has 0 saturated carbocycles. The number of aromatic nitrogens is 1. The zero-order valence-corrected chi connectivity index (χ0v) is 21.5. The van der Waals surface area contributed by atoms with Crippen molar-refractivity contribution < 1.29 is 14.6 Å². The van der Waals surface area contributed by atoms with E-state index in [4.69, 9.17) is 16.3 Å². The first kappa shape index (κ1) is 24.5. The third-order valence-electron chi connectivity index (χ3n) is 6.01. The maximum absolute atomic E-state index is 13.7. The number of allylic oxidation sites excluding steroid dienone is 1. The van der Waals surface area contributed by atoms with Gasteiger partial charge in [-0.05, 0) is 61.0 Å². The lowest BCUT2D eigenvalue weighted by Gasteiger charge is -2.25. The fourth-order valence-corrected chi connectivity index (χ4v) is 5.43. The van der Waals surface area contributed by atoms with Gasteiger partial charge in [-0.15, -0.1) is 0 Å². The van der Waals surface area contributed by atoms with E-state index < -0.39 is 6.04 Å². The van der Waals surface area contributed by atoms with Crippen LogP contribution in [0.4, 0.5) is 5.69 Å². The van der Waals surface area contributed by atoms with Crippen LogP contribution in [0.25, 0.3) is 6.08 Å². The summed E-state index contributed by atoms with van der Waals surface area (Å²) in [4.78, 5) is 32.4. The van der Waals surface area contributed by atoms with Crippen molar-refractivity contribution in [3.05, 3.63) is 120 Å². The van der Waals surface area contributed by atoms with Gasteiger partial charge in [0.15, 0.2) is 4.80 Å². The van der Waals surface area contributed by atoms with Crippen LogP contribution in [0.3, 0.4) is 0 Å². The summed E-state index contributed by atoms with van der Waals surface area (Å²) in [6, 6.07) is 20.3. The monoisotopic (exact) mass is 531 g/mol. The maximum atomic E-state index is 13.7. The number of para-hydroxylation sites is 1. The molecule has 7 nitrogen and oxygen atoms in total. The predicted octanol–water partition coefficient (Wildman–Crippen LogP) is 4.24. The Bertz CT molecular complexity index is 1710. The van der Waals surface area contributed by atoms with Crippen molar-refractivity contribution in [1.82, 2.24) is 4.57 Å². The van der Waals surface area contributed by atoms with E-state index in [0.717, 1.165) is 5.56 Å². The van der Waals surface area contributed by atoms with E-state index in [9.17, 15) is 14.7 Å². The zero-order chi connectivity index (χ0) is 26.1. The van der Waals surface area contributed by atoms with Crippen LogP contribution < -0.4 is 24.9 Å². The van der Waals surface area contributed by atoms with E-state index in [0.29, 0.717) is 42.6 Å². The molecular weight excluding hydrogens is 510 g/mol. The number of nitrogens with one attached hydrogen (secondary N) is 1. The molecule has 2 N–H and O–H groups in total. The summed E-state index contributed by atoms with van der Waals surface area (Å²) in [5.74, 6) is 0.305. The number of thiazole rings is 1. The van der Waals surface area contributed by atoms with Crippen LogP contribution >= 0.6 is 22.9 Å². The molecule has 0 saturated heterocycles. The van der Waals surface area contributed by atoms with Crippen molar-refractivity contribution in [2.45, 2.75) is 13.0 Å². The molecule has 1 unspecified atom stereocenters. The largest absolute Gasteiger partial charge is 0.507 e. The quantitative estimate of drug-likeness (QED) is 0.403. The maximum Gasteiger partial charge on any atom is 0.271 e. The Hall–Kier alpha value is -4.14. The average Bonchev–Trinajstić information content (AvgIpc) is 3.20. The van der Waals surface area contributed by atoms with Gasteiger partial charge in [-0.3, -0.25) is 14.2 Å². The molecule has 0 aliphatic carbocycles. The number of carbonyl (C=O) groups is 1. The number of fused-ring (bicyclic) bond motifs is 1. The van der Waals surface area contributed by atoms with Crippen LogP contribution in [0.2, 0.25) is 5.02 Å². The van der Waals surface area contributed by atoms with Gasteiger partial charge in [0, 0.05) is 16.3 Å². The average molecular weight is 532 g/mol. The minimum atomic E-state index is -0.721. The number of aromatic hydroxyl groups is 1. The highest BCUT2D eigenvalue weighted by Crippen LogP contribution is 2.32. The van der Waals surface area contributed by atoms with E-state index in [1.807, 2.05) is 30.3 Å². The molecule has 37 heavy (non-hydrogen) atoms. The summed E-state index contributed by atoms with van der Waals surface area (Å²) in [5.41, 5.74) is 2.31. The van der Waals surface area contributed by atoms with Gasteiger partial charge in [0.05, 0.1) is 29.0 Å². The number of benzene rings is 3. The fraction of sp³-hybridized carbons (Fsp3) is 0.107. The summed E-state index contributed by atoms with van der Waals surface area (Å²) < 4.78 is 7.17. The van der Waals surface area contributed by atoms with E-state index in [1.165, 1.54) is 22.0 Å². The van der Waals surface area contributed by atoms with Crippen molar-refractivity contribution in [3.8, 4) is 11.5 Å². The number of phenols is 1. The van der Waals surface area contributed by atoms with Gasteiger partial charge >= 0.3 is 0 Å². The number of phenolic OH excluding ortho intramolecular Hbond substituents is 1. The van der Waals surface area contributed by atoms with Crippen LogP contribution in [0.1, 0.15) is 24.1 Å². The number of halogens is 1. The minimum absolute atomic E-state index is 0.000971. The van der Waals surface area contributed by atoms with Gasteiger partial charge in [-0.25, -0.2) is 4.99 Å². The van der Waals surface area contributed by atoms with Crippen LogP contribution in [-0.4, -0.2) is 22.7 Å². The molecule has 5 rings (SSSR count). The summed E-state index contributed by atoms with van der Waals surface area (Å²) in [6.07, 6.45) is 1.58. The summed E-state index contributed by atoms with van der Waals surface area (Å²) >= 11 is 7.28. The Kier molecular flexibility index (Phi) is 6.69. The molecule has 3 aromatic carbocycles. The smallest absolute Gasteiger partial charge is 0.271 e. The van der Waals surface area contributed by atoms with E-state index in [2.05, 4.69) is 10.3 Å². The lowest BCUT2D eigenvalue weighted by Crippen LogP contribution is -2.40. The molecular formula is C28H22ClN3O4S. The summed E-state index contributed by atoms with van der Waals surface area (Å²) in [7, 11) is 1.58. The number of nitrogens with zero attached hydrogens (tertiary/aromatic N) is 2. The fourth-order valence-electron chi connectivity index (χ4n) is 4.22. The van der Waals surface area contributed by atoms with Crippen LogP contribution in [-0.2, 0) is 4.79 Å². The third kappa shape index (κ3) is 4.81. The molecule has 1 atom stereocenters. The highest BCUT2D eigenvalue weighted by molar-refractivity contribution is 7.07. The van der Waals surface area contributed by atoms with Crippen molar-refractivity contribution in [3.63, 3.8) is 0 Å². The number of amides is 1. The highest BCUT2D eigenvalue weighted by atomic mass is 35.5. The van der Waals surface area contributed by atoms with Gasteiger partial charge in [0.1, 0.15) is 11.5 Å². The number of rotatable bonds is 5. The molecule has 9 heteroatoms. The predicted molar refractivity (Wildman–Crippen MR) is 145 cm³/mol. The number of anilines is 1. The molecule has 1 aromatic heterocycles. The lowest BCUT2D eigenvalue weighted by molar-refractivity contribution is -0.113. The summed E-state index contributed by atoms with van der Waals surface area (Å²) in [5, 5.41) is 13.6. The van der Waals surface area contributed by atoms with Crippen molar-refractivity contribution >= 4 is 40.6 Å². The molecule has 1 amide bonds. The Morgan fingerprint density at radius 3 is 2.57 bits per heavy atom. The van der Waals surface area contributed by atoms with Gasteiger partial charge in [-0.2, -0.15) is 0 Å². The molecule has 1 aliphatic heterocycles. The topological polar surface area (TPSA) is 92.9 Å². The zero-order valence-electron chi connectivity index (χ0n) is 19.9. The molecule has 0 radical (unpaired) electrons. The lowest BCUT2D eigenvalue weighted by atomic mass is 9.95. The second kappa shape index (κ2) is 10.1. The third-order valence-corrected chi connectivity index (χ3v) is 7.22. The first-order valence-corrected chi connectivity index (χ1v) is 12.6. The Morgan fingerprint density at radius 1 is 1.14 bits per heavy atom. The molecule has 4 aromatic rings. The van der Waals surface area contributed by atoms with Gasteiger partial charge in [0.25, 0.3) is 11.5 Å². The van der Waals surface area contributed by atoms with Gasteiger partial charge < -0.3 is 15.2 Å². The number of ether oxygens (including phenoxy) is 1. The van der Waals surface area contributed by atoms with Crippen LogP contribution in [0.15, 0.2) is 93.9 Å².